The van der Waals surface area contributed by atoms with Crippen molar-refractivity contribution in [1.82, 2.24) is 32.1 Å². The Morgan fingerprint density at radius 1 is 0.725 bits per heavy atom. The van der Waals surface area contributed by atoms with Crippen LogP contribution in [0, 0.1) is 10.8 Å². The summed E-state index contributed by atoms with van der Waals surface area (Å²) in [6.45, 7) is 9.00. The van der Waals surface area contributed by atoms with Crippen LogP contribution in [0.3, 0.4) is 0 Å². The van der Waals surface area contributed by atoms with E-state index in [2.05, 4.69) is 53.0 Å². The van der Waals surface area contributed by atoms with Gasteiger partial charge in [-0.25, -0.2) is 10.9 Å². The Labute approximate surface area is 295 Å². The second-order valence-corrected chi connectivity index (χ2v) is 10.8. The molecule has 0 saturated carbocycles. The molecule has 1 fully saturated rings. The van der Waals surface area contributed by atoms with Gasteiger partial charge in [0.25, 0.3) is 0 Å². The molecule has 0 bridgehead atoms. The largest absolute Gasteiger partial charge is 0.507 e. The van der Waals surface area contributed by atoms with Crippen molar-refractivity contribution in [2.24, 2.45) is 21.7 Å². The summed E-state index contributed by atoms with van der Waals surface area (Å²) < 4.78 is 0. The van der Waals surface area contributed by atoms with E-state index in [-0.39, 0.29) is 58.9 Å². The molecule has 1 saturated heterocycles. The number of benzene rings is 2. The first-order valence-corrected chi connectivity index (χ1v) is 16.1. The summed E-state index contributed by atoms with van der Waals surface area (Å²) in [5.74, 6) is -2.38. The molecule has 0 amide bonds. The molecule has 0 spiro atoms. The number of ketones is 2. The maximum absolute atomic E-state index is 13.4. The van der Waals surface area contributed by atoms with Crippen LogP contribution in [0.1, 0.15) is 38.8 Å². The SMILES string of the molecule is C1CNCCN1.CC(/C=N/NC(=N)N)=N\NC(=N)N.O=C1c2c(O)ccc(O)c2C(=O)c2c(NCCNCCO)ccc(NCCNCCO)c21. The first kappa shape index (κ1) is 41.8. The number of hydrogen-bond donors (Lipinski definition) is 16. The molecule has 2 aliphatic rings. The van der Waals surface area contributed by atoms with Crippen LogP contribution < -0.4 is 54.2 Å². The summed E-state index contributed by atoms with van der Waals surface area (Å²) in [4.78, 5) is 26.7. The van der Waals surface area contributed by atoms with Gasteiger partial charge < -0.3 is 63.8 Å². The van der Waals surface area contributed by atoms with Gasteiger partial charge in [0.2, 0.25) is 23.5 Å². The van der Waals surface area contributed by atoms with Crippen LogP contribution in [0.4, 0.5) is 11.4 Å². The third-order valence-electron chi connectivity index (χ3n) is 6.83. The third kappa shape index (κ3) is 14.2. The van der Waals surface area contributed by atoms with Crippen LogP contribution in [-0.4, -0.2) is 134 Å². The predicted molar refractivity (Wildman–Crippen MR) is 197 cm³/mol. The summed E-state index contributed by atoms with van der Waals surface area (Å²) in [6.07, 6.45) is 1.33. The first-order valence-electron chi connectivity index (χ1n) is 16.1. The van der Waals surface area contributed by atoms with Gasteiger partial charge in [-0.3, -0.25) is 20.4 Å². The van der Waals surface area contributed by atoms with Crippen molar-refractivity contribution < 1.29 is 30.0 Å². The number of fused-ring (bicyclic) bond motifs is 2. The van der Waals surface area contributed by atoms with Crippen molar-refractivity contribution in [2.45, 2.75) is 6.92 Å². The number of aliphatic hydroxyl groups excluding tert-OH is 2. The number of hydrazone groups is 2. The van der Waals surface area contributed by atoms with Crippen LogP contribution in [-0.2, 0) is 0 Å². The minimum Gasteiger partial charge on any atom is -0.507 e. The molecular formula is C31H50N14O6. The average molecular weight is 715 g/mol. The summed E-state index contributed by atoms with van der Waals surface area (Å²) in [6, 6.07) is 5.74. The van der Waals surface area contributed by atoms with Crippen molar-refractivity contribution in [3.63, 3.8) is 0 Å². The number of phenolic OH excluding ortho intramolecular Hbond substituents is 2. The Kier molecular flexibility index (Phi) is 18.9. The van der Waals surface area contributed by atoms with E-state index in [4.69, 9.17) is 32.5 Å². The van der Waals surface area contributed by atoms with Gasteiger partial charge in [-0.05, 0) is 31.2 Å². The smallest absolute Gasteiger partial charge is 0.206 e. The minimum atomic E-state index is -0.559. The maximum atomic E-state index is 13.4. The Balaban J connectivity index is 0.000000388. The molecule has 0 unspecified atom stereocenters. The molecule has 1 heterocycles. The second-order valence-electron chi connectivity index (χ2n) is 10.8. The maximum Gasteiger partial charge on any atom is 0.206 e. The highest BCUT2D eigenvalue weighted by Gasteiger charge is 2.37. The van der Waals surface area contributed by atoms with Crippen LogP contribution >= 0.6 is 0 Å². The van der Waals surface area contributed by atoms with Crippen LogP contribution in [0.5, 0.6) is 11.5 Å². The highest BCUT2D eigenvalue weighted by molar-refractivity contribution is 6.33. The van der Waals surface area contributed by atoms with E-state index in [9.17, 15) is 19.8 Å². The quantitative estimate of drug-likeness (QED) is 0.0251. The van der Waals surface area contributed by atoms with E-state index in [0.717, 1.165) is 26.2 Å². The van der Waals surface area contributed by atoms with Crippen LogP contribution in [0.15, 0.2) is 34.5 Å². The Hall–Kier alpha value is -5.38. The molecule has 4 rings (SSSR count). The molecule has 1 aliphatic carbocycles. The number of phenols is 2. The predicted octanol–water partition coefficient (Wildman–Crippen LogP) is -2.65. The van der Waals surface area contributed by atoms with Crippen LogP contribution in [0.25, 0.3) is 0 Å². The number of anilines is 2. The third-order valence-corrected chi connectivity index (χ3v) is 6.83. The average Bonchev–Trinajstić information content (AvgIpc) is 3.11. The molecule has 1 aliphatic heterocycles. The number of guanidine groups is 2. The Bertz CT molecular complexity index is 1440. The lowest BCUT2D eigenvalue weighted by atomic mass is 9.81. The standard InChI is InChI=1S/C22H28N4O6.C5H12N8.C4H10N2/c27-11-9-23-5-7-25-13-1-2-14(26-8-6-24-10-12-28)18-17(13)21(31)19-15(29)3-4-16(30)20(19)22(18)32;1-3(11-13-5(8)9)2-10-12-4(6)7;1-2-6-4-3-5-1/h1-4,23-30H,5-12H2;2H,1H3,(H4,6,7,12)(H4,8,9,13);5-6H,1-4H2/b;10-2+,11-3+;. The summed E-state index contributed by atoms with van der Waals surface area (Å²) in [7, 11) is 0. The second kappa shape index (κ2) is 23.1. The van der Waals surface area contributed by atoms with Gasteiger partial charge in [0, 0.05) is 76.8 Å². The number of nitrogens with one attached hydrogen (secondary N) is 10. The number of carbonyl (C=O) groups excluding carboxylic acids is 2. The van der Waals surface area contributed by atoms with Crippen molar-refractivity contribution in [1.29, 1.82) is 10.8 Å². The van der Waals surface area contributed by atoms with Crippen LogP contribution in [0.2, 0.25) is 0 Å². The van der Waals surface area contributed by atoms with Gasteiger partial charge in [0.1, 0.15) is 11.5 Å². The highest BCUT2D eigenvalue weighted by atomic mass is 16.3. The van der Waals surface area contributed by atoms with Gasteiger partial charge in [0.05, 0.1) is 47.4 Å². The minimum absolute atomic E-state index is 0.00939. The molecule has 2 aromatic rings. The highest BCUT2D eigenvalue weighted by Crippen LogP contribution is 2.42. The number of rotatable bonds is 15. The number of carbonyl (C=O) groups is 2. The van der Waals surface area contributed by atoms with E-state index in [1.807, 2.05) is 0 Å². The molecular weight excluding hydrogens is 664 g/mol. The van der Waals surface area contributed by atoms with Gasteiger partial charge in [-0.2, -0.15) is 10.2 Å². The molecule has 0 radical (unpaired) electrons. The number of nitrogens with two attached hydrogens (primary N) is 2. The van der Waals surface area contributed by atoms with Crippen molar-refractivity contribution in [2.75, 3.05) is 89.3 Å². The van der Waals surface area contributed by atoms with E-state index in [1.54, 1.807) is 19.1 Å². The fourth-order valence-electron chi connectivity index (χ4n) is 4.61. The number of nitrogens with zero attached hydrogens (tertiary/aromatic N) is 2. The van der Waals surface area contributed by atoms with Crippen molar-refractivity contribution in [3.05, 3.63) is 46.5 Å². The Morgan fingerprint density at radius 3 is 1.53 bits per heavy atom. The van der Waals surface area contributed by atoms with Gasteiger partial charge in [0.15, 0.2) is 0 Å². The molecule has 20 nitrogen and oxygen atoms in total. The lowest BCUT2D eigenvalue weighted by Crippen LogP contribution is -2.39. The molecule has 18 N–H and O–H groups in total. The fraction of sp³-hybridized carbons (Fsp3) is 0.419. The first-order chi connectivity index (χ1) is 24.5. The van der Waals surface area contributed by atoms with Gasteiger partial charge in [-0.1, -0.05) is 0 Å². The van der Waals surface area contributed by atoms with E-state index < -0.39 is 11.6 Å². The molecule has 280 valence electrons. The fourth-order valence-corrected chi connectivity index (χ4v) is 4.61. The molecule has 20 heteroatoms. The number of piperazine rings is 1. The zero-order valence-electron chi connectivity index (χ0n) is 28.5. The number of aromatic hydroxyl groups is 2. The van der Waals surface area contributed by atoms with Gasteiger partial charge in [-0.15, -0.1) is 0 Å². The van der Waals surface area contributed by atoms with Gasteiger partial charge >= 0.3 is 0 Å². The monoisotopic (exact) mass is 714 g/mol. The lowest BCUT2D eigenvalue weighted by molar-refractivity contribution is 0.0975. The lowest BCUT2D eigenvalue weighted by Gasteiger charge is -2.25. The van der Waals surface area contributed by atoms with Crippen molar-refractivity contribution in [3.8, 4) is 11.5 Å². The molecule has 0 atom stereocenters. The zero-order chi connectivity index (χ0) is 37.6. The molecule has 51 heavy (non-hydrogen) atoms. The number of aliphatic hydroxyl groups is 2. The van der Waals surface area contributed by atoms with E-state index in [1.165, 1.54) is 18.3 Å². The zero-order valence-corrected chi connectivity index (χ0v) is 28.5. The molecule has 0 aromatic heterocycles. The summed E-state index contributed by atoms with van der Waals surface area (Å²) in [5, 5.41) is 77.7. The summed E-state index contributed by atoms with van der Waals surface area (Å²) >= 11 is 0. The van der Waals surface area contributed by atoms with E-state index >= 15 is 0 Å². The van der Waals surface area contributed by atoms with Crippen molar-refractivity contribution >= 4 is 46.8 Å². The number of hydrogen-bond acceptors (Lipinski definition) is 16. The topological polar surface area (TPSA) is 336 Å². The molecule has 2 aromatic carbocycles. The summed E-state index contributed by atoms with van der Waals surface area (Å²) in [5.41, 5.74) is 15.5. The normalized spacial score (nSPS) is 13.5. The Morgan fingerprint density at radius 2 is 1.16 bits per heavy atom. The van der Waals surface area contributed by atoms with E-state index in [0.29, 0.717) is 56.4 Å².